The minimum absolute atomic E-state index is 0.131. The molecule has 0 radical (unpaired) electrons. The van der Waals surface area contributed by atoms with E-state index in [4.69, 9.17) is 27.3 Å². The van der Waals surface area contributed by atoms with Crippen molar-refractivity contribution in [1.82, 2.24) is 24.1 Å². The summed E-state index contributed by atoms with van der Waals surface area (Å²) in [5, 5.41) is -0.542. The summed E-state index contributed by atoms with van der Waals surface area (Å²) in [7, 11) is 1.70. The highest BCUT2D eigenvalue weighted by molar-refractivity contribution is 6.67. The SMILES string of the molecule is Cn1c(-c2ccc3nc(-c4cccnc4N)n(-c4ccc(C(=O)Cl)cc4)c3n2)cccc1=O. The largest absolute Gasteiger partial charge is 0.383 e. The predicted molar refractivity (Wildman–Crippen MR) is 127 cm³/mol. The second kappa shape index (κ2) is 7.99. The van der Waals surface area contributed by atoms with Gasteiger partial charge in [-0.1, -0.05) is 6.07 Å². The molecule has 0 amide bonds. The molecular formula is C24H17ClN6O2. The van der Waals surface area contributed by atoms with Crippen molar-refractivity contribution < 1.29 is 4.79 Å². The molecule has 8 nitrogen and oxygen atoms in total. The number of nitrogen functional groups attached to an aromatic ring is 1. The van der Waals surface area contributed by atoms with Crippen molar-refractivity contribution in [3.63, 3.8) is 0 Å². The molecule has 5 aromatic rings. The van der Waals surface area contributed by atoms with Crippen LogP contribution in [0.5, 0.6) is 0 Å². The lowest BCUT2D eigenvalue weighted by molar-refractivity contribution is 0.108. The molecule has 0 unspecified atom stereocenters. The first kappa shape index (κ1) is 20.6. The highest BCUT2D eigenvalue weighted by Crippen LogP contribution is 2.31. The summed E-state index contributed by atoms with van der Waals surface area (Å²) in [6.07, 6.45) is 1.61. The maximum atomic E-state index is 12.1. The highest BCUT2D eigenvalue weighted by Gasteiger charge is 2.19. The smallest absolute Gasteiger partial charge is 0.252 e. The summed E-state index contributed by atoms with van der Waals surface area (Å²) in [6, 6.07) is 19.1. The Morgan fingerprint density at radius 1 is 0.970 bits per heavy atom. The van der Waals surface area contributed by atoms with Gasteiger partial charge in [-0.25, -0.2) is 15.0 Å². The normalized spacial score (nSPS) is 11.1. The first-order chi connectivity index (χ1) is 15.9. The van der Waals surface area contributed by atoms with E-state index in [2.05, 4.69) is 4.98 Å². The van der Waals surface area contributed by atoms with Crippen LogP contribution in [-0.2, 0) is 7.05 Å². The number of nitrogens with two attached hydrogens (primary N) is 1. The molecule has 2 N–H and O–H groups in total. The Balaban J connectivity index is 1.81. The average Bonchev–Trinajstić information content (AvgIpc) is 3.19. The maximum Gasteiger partial charge on any atom is 0.252 e. The van der Waals surface area contributed by atoms with Gasteiger partial charge in [-0.05, 0) is 66.2 Å². The number of rotatable bonds is 4. The molecule has 9 heteroatoms. The number of nitrogens with zero attached hydrogens (tertiary/aromatic N) is 5. The second-order valence-corrected chi connectivity index (χ2v) is 7.72. The Hall–Kier alpha value is -4.30. The fourth-order valence-electron chi connectivity index (χ4n) is 3.69. The topological polar surface area (TPSA) is 109 Å². The molecule has 162 valence electrons. The molecule has 5 rings (SSSR count). The lowest BCUT2D eigenvalue weighted by Gasteiger charge is -2.11. The molecular weight excluding hydrogens is 440 g/mol. The zero-order valence-electron chi connectivity index (χ0n) is 17.4. The Kier molecular flexibility index (Phi) is 4.99. The Labute approximate surface area is 192 Å². The number of anilines is 1. The minimum atomic E-state index is -0.542. The molecule has 0 aliphatic heterocycles. The van der Waals surface area contributed by atoms with Crippen molar-refractivity contribution in [2.45, 2.75) is 0 Å². The monoisotopic (exact) mass is 456 g/mol. The third-order valence-corrected chi connectivity index (χ3v) is 5.60. The molecule has 0 aliphatic rings. The van der Waals surface area contributed by atoms with Gasteiger partial charge in [-0.3, -0.25) is 14.2 Å². The molecule has 1 aromatic carbocycles. The van der Waals surface area contributed by atoms with Gasteiger partial charge in [0.2, 0.25) is 0 Å². The van der Waals surface area contributed by atoms with Crippen LogP contribution in [0.4, 0.5) is 5.82 Å². The zero-order valence-corrected chi connectivity index (χ0v) is 18.2. The van der Waals surface area contributed by atoms with Crippen LogP contribution in [0.15, 0.2) is 77.7 Å². The van der Waals surface area contributed by atoms with E-state index in [1.165, 1.54) is 10.6 Å². The molecule has 0 fully saturated rings. The van der Waals surface area contributed by atoms with Gasteiger partial charge in [0, 0.05) is 30.6 Å². The van der Waals surface area contributed by atoms with E-state index in [1.54, 1.807) is 49.6 Å². The van der Waals surface area contributed by atoms with Crippen LogP contribution in [0.3, 0.4) is 0 Å². The van der Waals surface area contributed by atoms with Crippen molar-refractivity contribution in [1.29, 1.82) is 0 Å². The van der Waals surface area contributed by atoms with Crippen LogP contribution in [0.1, 0.15) is 10.4 Å². The third-order valence-electron chi connectivity index (χ3n) is 5.38. The number of carbonyl (C=O) groups excluding carboxylic acids is 1. The number of imidazole rings is 1. The summed E-state index contributed by atoms with van der Waals surface area (Å²) in [5.41, 5.74) is 10.2. The van der Waals surface area contributed by atoms with Gasteiger partial charge >= 0.3 is 0 Å². The lowest BCUT2D eigenvalue weighted by Crippen LogP contribution is -2.16. The van der Waals surface area contributed by atoms with Crippen LogP contribution in [0, 0.1) is 0 Å². The molecule has 0 atom stereocenters. The number of benzene rings is 1. The van der Waals surface area contributed by atoms with Crippen LogP contribution >= 0.6 is 11.6 Å². The van der Waals surface area contributed by atoms with Gasteiger partial charge < -0.3 is 10.3 Å². The van der Waals surface area contributed by atoms with Gasteiger partial charge in [0.1, 0.15) is 11.3 Å². The summed E-state index contributed by atoms with van der Waals surface area (Å²) in [4.78, 5) is 37.5. The van der Waals surface area contributed by atoms with Crippen molar-refractivity contribution in [3.8, 4) is 28.5 Å². The molecule has 4 heterocycles. The van der Waals surface area contributed by atoms with E-state index in [1.807, 2.05) is 28.8 Å². The van der Waals surface area contributed by atoms with Gasteiger partial charge in [-0.2, -0.15) is 0 Å². The van der Waals surface area contributed by atoms with Gasteiger partial charge in [0.05, 0.1) is 17.0 Å². The quantitative estimate of drug-likeness (QED) is 0.412. The highest BCUT2D eigenvalue weighted by atomic mass is 35.5. The molecule has 0 bridgehead atoms. The standard InChI is InChI=1S/C24H17ClN6O2/c1-30-19(5-2-6-20(30)32)17-11-12-18-24(28-17)31(15-9-7-14(8-10-15)21(25)33)23(29-18)16-4-3-13-27-22(16)26/h2-13H,1H3,(H2,26,27). The molecule has 0 aliphatic carbocycles. The average molecular weight is 457 g/mol. The van der Waals surface area contributed by atoms with Gasteiger partial charge in [0.15, 0.2) is 11.5 Å². The van der Waals surface area contributed by atoms with Gasteiger partial charge in [-0.15, -0.1) is 0 Å². The van der Waals surface area contributed by atoms with Crippen molar-refractivity contribution in [2.75, 3.05) is 5.73 Å². The number of pyridine rings is 3. The van der Waals surface area contributed by atoms with Gasteiger partial charge in [0.25, 0.3) is 10.8 Å². The first-order valence-corrected chi connectivity index (χ1v) is 10.4. The number of hydrogen-bond donors (Lipinski definition) is 1. The second-order valence-electron chi connectivity index (χ2n) is 7.38. The Bertz CT molecular complexity index is 1590. The lowest BCUT2D eigenvalue weighted by atomic mass is 10.2. The number of hydrogen-bond acceptors (Lipinski definition) is 6. The van der Waals surface area contributed by atoms with Crippen LogP contribution in [0.25, 0.3) is 39.6 Å². The first-order valence-electron chi connectivity index (χ1n) is 10.0. The summed E-state index contributed by atoms with van der Waals surface area (Å²) in [6.45, 7) is 0. The number of fused-ring (bicyclic) bond motifs is 1. The molecule has 0 saturated heterocycles. The van der Waals surface area contributed by atoms with E-state index in [9.17, 15) is 9.59 Å². The van der Waals surface area contributed by atoms with E-state index in [0.29, 0.717) is 51.0 Å². The van der Waals surface area contributed by atoms with Crippen molar-refractivity contribution in [2.24, 2.45) is 7.05 Å². The third kappa shape index (κ3) is 3.56. The van der Waals surface area contributed by atoms with Crippen molar-refractivity contribution >= 4 is 33.8 Å². The maximum absolute atomic E-state index is 12.1. The molecule has 0 spiro atoms. The Morgan fingerprint density at radius 2 is 1.76 bits per heavy atom. The number of aromatic nitrogens is 5. The van der Waals surface area contributed by atoms with E-state index in [-0.39, 0.29) is 5.56 Å². The summed E-state index contributed by atoms with van der Waals surface area (Å²) >= 11 is 5.62. The minimum Gasteiger partial charge on any atom is -0.383 e. The molecule has 33 heavy (non-hydrogen) atoms. The summed E-state index contributed by atoms with van der Waals surface area (Å²) < 4.78 is 3.38. The van der Waals surface area contributed by atoms with Crippen LogP contribution in [-0.4, -0.2) is 29.3 Å². The van der Waals surface area contributed by atoms with Crippen LogP contribution < -0.4 is 11.3 Å². The molecule has 4 aromatic heterocycles. The Morgan fingerprint density at radius 3 is 2.48 bits per heavy atom. The van der Waals surface area contributed by atoms with E-state index < -0.39 is 5.24 Å². The summed E-state index contributed by atoms with van der Waals surface area (Å²) in [5.74, 6) is 0.874. The van der Waals surface area contributed by atoms with Crippen LogP contribution in [0.2, 0.25) is 0 Å². The fraction of sp³-hybridized carbons (Fsp3) is 0.0417. The van der Waals surface area contributed by atoms with Crippen molar-refractivity contribution in [3.05, 3.63) is 88.8 Å². The van der Waals surface area contributed by atoms with E-state index in [0.717, 1.165) is 0 Å². The number of carbonyl (C=O) groups is 1. The molecule has 0 saturated carbocycles. The predicted octanol–water partition coefficient (Wildman–Crippen LogP) is 3.81. The fourth-order valence-corrected chi connectivity index (χ4v) is 3.82. The zero-order chi connectivity index (χ0) is 23.1. The number of halogens is 1. The van der Waals surface area contributed by atoms with E-state index >= 15 is 0 Å².